The molecule has 1 fully saturated rings. The van der Waals surface area contributed by atoms with E-state index in [9.17, 15) is 14.4 Å². The highest BCUT2D eigenvalue weighted by Gasteiger charge is 2.36. The van der Waals surface area contributed by atoms with Gasteiger partial charge >= 0.3 is 0 Å². The smallest absolute Gasteiger partial charge is 0.294 e. The minimum Gasteiger partial charge on any atom is -0.324 e. The van der Waals surface area contributed by atoms with Crippen LogP contribution in [0.3, 0.4) is 0 Å². The van der Waals surface area contributed by atoms with E-state index in [0.29, 0.717) is 10.6 Å². The van der Waals surface area contributed by atoms with Crippen molar-refractivity contribution in [1.29, 1.82) is 0 Å². The molecule has 0 radical (unpaired) electrons. The fraction of sp³-hybridized carbons (Fsp3) is 0.292. The number of amides is 3. The Kier molecular flexibility index (Phi) is 6.17. The maximum Gasteiger partial charge on any atom is 0.294 e. The summed E-state index contributed by atoms with van der Waals surface area (Å²) in [7, 11) is 0. The zero-order valence-corrected chi connectivity index (χ0v) is 18.7. The summed E-state index contributed by atoms with van der Waals surface area (Å²) in [5.74, 6) is -0.841. The lowest BCUT2D eigenvalue weighted by atomic mass is 9.87. The molecular weight excluding hydrogens is 396 g/mol. The van der Waals surface area contributed by atoms with Crippen molar-refractivity contribution in [3.8, 4) is 0 Å². The molecule has 3 rings (SSSR count). The zero-order valence-electron chi connectivity index (χ0n) is 17.9. The number of anilines is 1. The van der Waals surface area contributed by atoms with Crippen molar-refractivity contribution in [2.24, 2.45) is 0 Å². The van der Waals surface area contributed by atoms with Gasteiger partial charge in [0.1, 0.15) is 6.54 Å². The summed E-state index contributed by atoms with van der Waals surface area (Å²) >= 11 is 0.860. The molecule has 5 nitrogen and oxygen atoms in total. The fourth-order valence-corrected chi connectivity index (χ4v) is 4.04. The lowest BCUT2D eigenvalue weighted by molar-refractivity contribution is -0.127. The largest absolute Gasteiger partial charge is 0.324 e. The van der Waals surface area contributed by atoms with E-state index in [2.05, 4.69) is 26.1 Å². The molecule has 2 aromatic rings. The van der Waals surface area contributed by atoms with Crippen LogP contribution in [0.2, 0.25) is 0 Å². The van der Waals surface area contributed by atoms with Gasteiger partial charge in [-0.25, -0.2) is 0 Å². The normalized spacial score (nSPS) is 15.8. The Morgan fingerprint density at radius 3 is 2.20 bits per heavy atom. The Morgan fingerprint density at radius 2 is 1.63 bits per heavy atom. The van der Waals surface area contributed by atoms with E-state index in [1.54, 1.807) is 6.08 Å². The molecule has 0 unspecified atom stereocenters. The van der Waals surface area contributed by atoms with Gasteiger partial charge in [0.25, 0.3) is 11.1 Å². The molecule has 0 saturated carbocycles. The van der Waals surface area contributed by atoms with Crippen molar-refractivity contribution >= 4 is 40.6 Å². The van der Waals surface area contributed by atoms with Crippen LogP contribution in [0, 0.1) is 13.8 Å². The van der Waals surface area contributed by atoms with Crippen LogP contribution in [0.5, 0.6) is 0 Å². The highest BCUT2D eigenvalue weighted by molar-refractivity contribution is 8.18. The first kappa shape index (κ1) is 21.8. The molecule has 0 bridgehead atoms. The van der Waals surface area contributed by atoms with E-state index >= 15 is 0 Å². The molecule has 0 aliphatic carbocycles. The van der Waals surface area contributed by atoms with Crippen LogP contribution >= 0.6 is 11.8 Å². The third kappa shape index (κ3) is 4.82. The highest BCUT2D eigenvalue weighted by Crippen LogP contribution is 2.32. The maximum atomic E-state index is 12.7. The summed E-state index contributed by atoms with van der Waals surface area (Å²) in [6.45, 7) is 9.90. The van der Waals surface area contributed by atoms with Gasteiger partial charge in [-0.1, -0.05) is 63.2 Å². The molecule has 156 valence electrons. The Labute approximate surface area is 181 Å². The number of hydrogen-bond donors (Lipinski definition) is 1. The van der Waals surface area contributed by atoms with Crippen LogP contribution in [0.1, 0.15) is 43.0 Å². The summed E-state index contributed by atoms with van der Waals surface area (Å²) in [5.41, 5.74) is 4.64. The van der Waals surface area contributed by atoms with Gasteiger partial charge in [-0.3, -0.25) is 19.3 Å². The molecule has 0 atom stereocenters. The molecular formula is C24H26N2O3S. The standard InChI is InChI=1S/C24H26N2O3S/c1-15-7-6-8-16(2)21(15)25-20(27)14-26-22(28)19(30-23(26)29)13-17-9-11-18(12-10-17)24(3,4)5/h6-13H,14H2,1-5H3,(H,25,27). The van der Waals surface area contributed by atoms with Crippen molar-refractivity contribution in [2.45, 2.75) is 40.0 Å². The van der Waals surface area contributed by atoms with Crippen molar-refractivity contribution in [1.82, 2.24) is 4.90 Å². The Morgan fingerprint density at radius 1 is 1.03 bits per heavy atom. The molecule has 6 heteroatoms. The summed E-state index contributed by atoms with van der Waals surface area (Å²) in [6, 6.07) is 13.6. The number of aryl methyl sites for hydroxylation is 2. The van der Waals surface area contributed by atoms with E-state index in [-0.39, 0.29) is 12.0 Å². The van der Waals surface area contributed by atoms with Crippen LogP contribution in [0.4, 0.5) is 10.5 Å². The quantitative estimate of drug-likeness (QED) is 0.681. The molecule has 2 aromatic carbocycles. The SMILES string of the molecule is Cc1cccc(C)c1NC(=O)CN1C(=O)SC(=Cc2ccc(C(C)(C)C)cc2)C1=O. The number of benzene rings is 2. The molecule has 3 amide bonds. The average molecular weight is 423 g/mol. The monoisotopic (exact) mass is 422 g/mol. The van der Waals surface area contributed by atoms with Crippen molar-refractivity contribution in [3.63, 3.8) is 0 Å². The molecule has 1 heterocycles. The van der Waals surface area contributed by atoms with Crippen molar-refractivity contribution < 1.29 is 14.4 Å². The van der Waals surface area contributed by atoms with Crippen LogP contribution < -0.4 is 5.32 Å². The van der Waals surface area contributed by atoms with Gasteiger partial charge in [0.15, 0.2) is 0 Å². The molecule has 0 aromatic heterocycles. The van der Waals surface area contributed by atoms with Gasteiger partial charge in [0, 0.05) is 5.69 Å². The van der Waals surface area contributed by atoms with E-state index in [4.69, 9.17) is 0 Å². The van der Waals surface area contributed by atoms with Crippen molar-refractivity contribution in [3.05, 3.63) is 69.6 Å². The number of carbonyl (C=O) groups is 3. The predicted molar refractivity (Wildman–Crippen MR) is 122 cm³/mol. The lowest BCUT2D eigenvalue weighted by Crippen LogP contribution is -2.36. The number of nitrogens with zero attached hydrogens (tertiary/aromatic N) is 1. The average Bonchev–Trinajstić information content (AvgIpc) is 2.92. The fourth-order valence-electron chi connectivity index (χ4n) is 3.20. The zero-order chi connectivity index (χ0) is 22.1. The first-order chi connectivity index (χ1) is 14.1. The summed E-state index contributed by atoms with van der Waals surface area (Å²) in [4.78, 5) is 38.8. The van der Waals surface area contributed by atoms with Gasteiger partial charge in [0.2, 0.25) is 5.91 Å². The van der Waals surface area contributed by atoms with E-state index in [1.165, 1.54) is 5.56 Å². The number of para-hydroxylation sites is 1. The van der Waals surface area contributed by atoms with Gasteiger partial charge in [-0.2, -0.15) is 0 Å². The molecule has 30 heavy (non-hydrogen) atoms. The van der Waals surface area contributed by atoms with Crippen LogP contribution in [-0.2, 0) is 15.0 Å². The van der Waals surface area contributed by atoms with Gasteiger partial charge < -0.3 is 5.32 Å². The Balaban J connectivity index is 1.71. The predicted octanol–water partition coefficient (Wildman–Crippen LogP) is 5.28. The molecule has 1 aliphatic rings. The second-order valence-electron chi connectivity index (χ2n) is 8.45. The minimum atomic E-state index is -0.443. The third-order valence-electron chi connectivity index (χ3n) is 5.00. The van der Waals surface area contributed by atoms with Crippen molar-refractivity contribution in [2.75, 3.05) is 11.9 Å². The molecule has 1 aliphatic heterocycles. The third-order valence-corrected chi connectivity index (χ3v) is 5.90. The second-order valence-corrected chi connectivity index (χ2v) is 9.45. The number of nitrogens with one attached hydrogen (secondary N) is 1. The number of thioether (sulfide) groups is 1. The number of imide groups is 1. The molecule has 1 saturated heterocycles. The lowest BCUT2D eigenvalue weighted by Gasteiger charge is -2.18. The Hall–Kier alpha value is -2.86. The number of carbonyl (C=O) groups excluding carboxylic acids is 3. The number of rotatable bonds is 4. The first-order valence-corrected chi connectivity index (χ1v) is 10.6. The van der Waals surface area contributed by atoms with Crippen LogP contribution in [0.25, 0.3) is 6.08 Å². The van der Waals surface area contributed by atoms with E-state index < -0.39 is 17.1 Å². The summed E-state index contributed by atoms with van der Waals surface area (Å²) in [5, 5.41) is 2.38. The van der Waals surface area contributed by atoms with Crippen LogP contribution in [-0.4, -0.2) is 28.5 Å². The molecule has 1 N–H and O–H groups in total. The second kappa shape index (κ2) is 8.48. The van der Waals surface area contributed by atoms with E-state index in [1.807, 2.05) is 56.3 Å². The van der Waals surface area contributed by atoms with Gasteiger partial charge in [-0.05, 0) is 59.4 Å². The van der Waals surface area contributed by atoms with Gasteiger partial charge in [0.05, 0.1) is 4.91 Å². The Bertz CT molecular complexity index is 1010. The first-order valence-electron chi connectivity index (χ1n) is 9.78. The van der Waals surface area contributed by atoms with Gasteiger partial charge in [-0.15, -0.1) is 0 Å². The minimum absolute atomic E-state index is 0.0409. The van der Waals surface area contributed by atoms with E-state index in [0.717, 1.165) is 33.4 Å². The summed E-state index contributed by atoms with van der Waals surface area (Å²) in [6.07, 6.45) is 1.70. The summed E-state index contributed by atoms with van der Waals surface area (Å²) < 4.78 is 0. The topological polar surface area (TPSA) is 66.5 Å². The molecule has 0 spiro atoms. The van der Waals surface area contributed by atoms with Crippen LogP contribution in [0.15, 0.2) is 47.4 Å². The maximum absolute atomic E-state index is 12.7. The highest BCUT2D eigenvalue weighted by atomic mass is 32.2. The number of hydrogen-bond acceptors (Lipinski definition) is 4.